The number of nitrogens with two attached hydrogens (primary N) is 1. The van der Waals surface area contributed by atoms with Gasteiger partial charge in [0.15, 0.2) is 11.4 Å². The van der Waals surface area contributed by atoms with E-state index in [2.05, 4.69) is 0 Å². The van der Waals surface area contributed by atoms with Crippen molar-refractivity contribution in [3.8, 4) is 11.5 Å². The number of aryl methyl sites for hydroxylation is 1. The van der Waals surface area contributed by atoms with Crippen molar-refractivity contribution in [1.82, 2.24) is 4.90 Å². The number of carbonyl (C=O) groups is 3. The van der Waals surface area contributed by atoms with Gasteiger partial charge in [-0.2, -0.15) is 0 Å². The summed E-state index contributed by atoms with van der Waals surface area (Å²) in [7, 11) is 3.10. The van der Waals surface area contributed by atoms with E-state index >= 15 is 0 Å². The molecule has 1 amide bonds. The molecule has 9 nitrogen and oxygen atoms in total. The highest BCUT2D eigenvalue weighted by Crippen LogP contribution is 2.50. The van der Waals surface area contributed by atoms with Crippen LogP contribution in [-0.2, 0) is 16.0 Å². The Balaban J connectivity index is 0.00000289. The SMILES string of the molecule is Cc1c2c(c(O)c3c(O)cccc13)C(=O)[C@]1(O)C(O)=C(C(N)=O)C(=O)C(N(C)C)C1C2.Cl. The molecule has 2 aliphatic rings. The molecule has 0 bridgehead atoms. The molecule has 4 rings (SSSR count). The second-order valence-corrected chi connectivity index (χ2v) is 8.29. The maximum atomic E-state index is 13.6. The third-order valence-electron chi connectivity index (χ3n) is 6.51. The fourth-order valence-corrected chi connectivity index (χ4v) is 5.04. The Hall–Kier alpha value is -3.14. The predicted molar refractivity (Wildman–Crippen MR) is 117 cm³/mol. The van der Waals surface area contributed by atoms with Gasteiger partial charge in [0, 0.05) is 5.92 Å². The van der Waals surface area contributed by atoms with Crippen LogP contribution in [-0.4, -0.2) is 68.5 Å². The summed E-state index contributed by atoms with van der Waals surface area (Å²) >= 11 is 0. The van der Waals surface area contributed by atoms with Crippen LogP contribution < -0.4 is 5.73 Å². The van der Waals surface area contributed by atoms with E-state index in [9.17, 15) is 34.8 Å². The standard InChI is InChI=1S/C22H22N2O7.ClH/c1-8-9-5-4-6-12(25)13(9)17(26)14-10(8)7-11-16(24(2)3)18(27)15(21(23)30)20(29)22(11,31)19(14)28;/h4-6,11,16,25-26,29,31H,7H2,1-3H3,(H2,23,30);1H/t11?,16?,22-;/m0./s1. The molecule has 0 saturated carbocycles. The molecule has 170 valence electrons. The molecule has 6 N–H and O–H groups in total. The Morgan fingerprint density at radius 3 is 2.38 bits per heavy atom. The highest BCUT2D eigenvalue weighted by molar-refractivity contribution is 6.25. The zero-order valence-electron chi connectivity index (χ0n) is 17.5. The summed E-state index contributed by atoms with van der Waals surface area (Å²) in [5, 5.41) is 43.9. The van der Waals surface area contributed by atoms with Gasteiger partial charge in [0.2, 0.25) is 5.78 Å². The van der Waals surface area contributed by atoms with Gasteiger partial charge in [-0.15, -0.1) is 12.4 Å². The number of phenols is 2. The summed E-state index contributed by atoms with van der Waals surface area (Å²) < 4.78 is 0. The Labute approximate surface area is 189 Å². The van der Waals surface area contributed by atoms with Gasteiger partial charge in [-0.1, -0.05) is 12.1 Å². The molecule has 0 spiro atoms. The predicted octanol–water partition coefficient (Wildman–Crippen LogP) is 0.878. The Morgan fingerprint density at radius 1 is 1.19 bits per heavy atom. The molecule has 0 aromatic heterocycles. The number of amides is 1. The Morgan fingerprint density at radius 2 is 1.81 bits per heavy atom. The number of fused-ring (bicyclic) bond motifs is 3. The number of aliphatic hydroxyl groups is 2. The van der Waals surface area contributed by atoms with Gasteiger partial charge in [0.25, 0.3) is 5.91 Å². The first-order chi connectivity index (χ1) is 14.4. The molecule has 0 radical (unpaired) electrons. The van der Waals surface area contributed by atoms with E-state index in [1.54, 1.807) is 33.2 Å². The molecular formula is C22H23ClN2O7. The lowest BCUT2D eigenvalue weighted by atomic mass is 9.61. The van der Waals surface area contributed by atoms with Crippen molar-refractivity contribution in [3.05, 3.63) is 46.2 Å². The first-order valence-corrected chi connectivity index (χ1v) is 9.61. The number of likely N-dealkylation sites (N-methyl/N-ethyl adjacent to an activating group) is 1. The quantitative estimate of drug-likeness (QED) is 0.411. The minimum absolute atomic E-state index is 0. The number of aromatic hydroxyl groups is 2. The van der Waals surface area contributed by atoms with Crippen LogP contribution in [0.15, 0.2) is 29.5 Å². The van der Waals surface area contributed by atoms with E-state index in [0.29, 0.717) is 16.5 Å². The van der Waals surface area contributed by atoms with Crippen LogP contribution in [0.2, 0.25) is 0 Å². The minimum Gasteiger partial charge on any atom is -0.508 e. The monoisotopic (exact) mass is 462 g/mol. The zero-order valence-corrected chi connectivity index (χ0v) is 18.4. The van der Waals surface area contributed by atoms with Gasteiger partial charge >= 0.3 is 0 Å². The molecule has 2 aromatic rings. The number of benzene rings is 2. The summed E-state index contributed by atoms with van der Waals surface area (Å²) in [5.41, 5.74) is 2.50. The van der Waals surface area contributed by atoms with E-state index in [0.717, 1.165) is 0 Å². The summed E-state index contributed by atoms with van der Waals surface area (Å²) in [4.78, 5) is 39.9. The van der Waals surface area contributed by atoms with Gasteiger partial charge in [-0.05, 0) is 50.0 Å². The first kappa shape index (κ1) is 23.5. The number of carbonyl (C=O) groups excluding carboxylic acids is 3. The number of Topliss-reactive ketones (excluding diaryl/α,β-unsaturated/α-hetero) is 2. The number of ketones is 2. The minimum atomic E-state index is -2.65. The van der Waals surface area contributed by atoms with Gasteiger partial charge < -0.3 is 26.2 Å². The fraction of sp³-hybridized carbons (Fsp3) is 0.318. The zero-order chi connectivity index (χ0) is 23.0. The lowest BCUT2D eigenvalue weighted by molar-refractivity contribution is -0.132. The van der Waals surface area contributed by atoms with Crippen molar-refractivity contribution in [3.63, 3.8) is 0 Å². The second-order valence-electron chi connectivity index (χ2n) is 8.29. The van der Waals surface area contributed by atoms with Crippen LogP contribution in [0.25, 0.3) is 10.8 Å². The summed E-state index contributed by atoms with van der Waals surface area (Å²) in [6, 6.07) is 3.50. The van der Waals surface area contributed by atoms with Crippen molar-refractivity contribution in [2.75, 3.05) is 14.1 Å². The molecule has 0 saturated heterocycles. The molecule has 3 atom stereocenters. The summed E-state index contributed by atoms with van der Waals surface area (Å²) in [6.07, 6.45) is -0.0484. The van der Waals surface area contributed by atoms with E-state index in [4.69, 9.17) is 5.73 Å². The Kier molecular flexibility index (Phi) is 5.49. The molecule has 2 aromatic carbocycles. The van der Waals surface area contributed by atoms with Crippen LogP contribution in [0.3, 0.4) is 0 Å². The number of aliphatic hydroxyl groups excluding tert-OH is 1. The van der Waals surface area contributed by atoms with Crippen LogP contribution in [0.1, 0.15) is 21.5 Å². The highest BCUT2D eigenvalue weighted by atomic mass is 35.5. The van der Waals surface area contributed by atoms with Crippen LogP contribution >= 0.6 is 12.4 Å². The number of hydrogen-bond donors (Lipinski definition) is 5. The normalized spacial score (nSPS) is 24.9. The smallest absolute Gasteiger partial charge is 0.255 e. The van der Waals surface area contributed by atoms with Crippen molar-refractivity contribution < 1.29 is 34.8 Å². The molecule has 0 fully saturated rings. The molecule has 2 unspecified atom stereocenters. The summed E-state index contributed by atoms with van der Waals surface area (Å²) in [5.74, 6) is -6.18. The lowest BCUT2D eigenvalue weighted by Crippen LogP contribution is -2.64. The highest BCUT2D eigenvalue weighted by Gasteiger charge is 2.62. The third kappa shape index (κ3) is 2.75. The number of phenolic OH excluding ortho intramolecular Hbond substituents is 2. The number of rotatable bonds is 2. The van der Waals surface area contributed by atoms with Crippen LogP contribution in [0.4, 0.5) is 0 Å². The topological polar surface area (TPSA) is 161 Å². The Bertz CT molecular complexity index is 1240. The van der Waals surface area contributed by atoms with Gasteiger partial charge in [-0.25, -0.2) is 0 Å². The second kappa shape index (κ2) is 7.47. The van der Waals surface area contributed by atoms with Crippen molar-refractivity contribution >= 4 is 40.7 Å². The van der Waals surface area contributed by atoms with E-state index in [1.807, 2.05) is 0 Å². The van der Waals surface area contributed by atoms with E-state index < -0.39 is 52.1 Å². The lowest BCUT2D eigenvalue weighted by Gasteiger charge is -2.47. The van der Waals surface area contributed by atoms with Crippen molar-refractivity contribution in [2.45, 2.75) is 25.0 Å². The molecule has 10 heteroatoms. The average Bonchev–Trinajstić information content (AvgIpc) is 2.68. The van der Waals surface area contributed by atoms with Crippen molar-refractivity contribution in [2.24, 2.45) is 11.7 Å². The maximum Gasteiger partial charge on any atom is 0.255 e. The summed E-state index contributed by atoms with van der Waals surface area (Å²) in [6.45, 7) is 1.71. The van der Waals surface area contributed by atoms with Gasteiger partial charge in [0.05, 0.1) is 17.0 Å². The number of primary amides is 1. The first-order valence-electron chi connectivity index (χ1n) is 9.61. The fourth-order valence-electron chi connectivity index (χ4n) is 5.04. The van der Waals surface area contributed by atoms with Gasteiger partial charge in [0.1, 0.15) is 22.8 Å². The molecule has 0 aliphatic heterocycles. The molecule has 32 heavy (non-hydrogen) atoms. The number of nitrogens with zero attached hydrogens (tertiary/aromatic N) is 1. The van der Waals surface area contributed by atoms with E-state index in [1.165, 1.54) is 11.0 Å². The van der Waals surface area contributed by atoms with Crippen LogP contribution in [0.5, 0.6) is 11.5 Å². The van der Waals surface area contributed by atoms with E-state index in [-0.39, 0.29) is 35.5 Å². The maximum absolute atomic E-state index is 13.6. The van der Waals surface area contributed by atoms with Gasteiger partial charge in [-0.3, -0.25) is 19.3 Å². The number of hydrogen-bond acceptors (Lipinski definition) is 8. The van der Waals surface area contributed by atoms with Crippen LogP contribution in [0, 0.1) is 12.8 Å². The molecule has 2 aliphatic carbocycles. The molecular weight excluding hydrogens is 440 g/mol. The largest absolute Gasteiger partial charge is 0.508 e. The average molecular weight is 463 g/mol. The molecule has 0 heterocycles. The van der Waals surface area contributed by atoms with Crippen molar-refractivity contribution in [1.29, 1.82) is 0 Å². The third-order valence-corrected chi connectivity index (χ3v) is 6.51. The number of halogens is 1.